The zero-order chi connectivity index (χ0) is 12.5. The summed E-state index contributed by atoms with van der Waals surface area (Å²) in [5, 5.41) is 2.87. The highest BCUT2D eigenvalue weighted by Gasteiger charge is 2.49. The second-order valence-electron chi connectivity index (χ2n) is 5.00. The van der Waals surface area contributed by atoms with Crippen LogP contribution in [0, 0.1) is 0 Å². The summed E-state index contributed by atoms with van der Waals surface area (Å²) in [5.41, 5.74) is -0.739. The lowest BCUT2D eigenvalue weighted by atomic mass is 9.78. The fourth-order valence-corrected chi connectivity index (χ4v) is 2.87. The number of carbonyl (C=O) groups is 2. The first-order chi connectivity index (χ1) is 8.10. The zero-order valence-electron chi connectivity index (χ0n) is 10.2. The predicted molar refractivity (Wildman–Crippen MR) is 61.1 cm³/mol. The molecule has 1 spiro atoms. The molecule has 1 unspecified atom stereocenters. The Morgan fingerprint density at radius 1 is 1.35 bits per heavy atom. The van der Waals surface area contributed by atoms with E-state index in [-0.39, 0.29) is 18.4 Å². The molecule has 1 saturated heterocycles. The van der Waals surface area contributed by atoms with Gasteiger partial charge in [0.25, 0.3) is 0 Å². The average Bonchev–Trinajstić information content (AvgIpc) is 2.34. The first-order valence-corrected chi connectivity index (χ1v) is 6.30. The number of hydrogen-bond donors (Lipinski definition) is 1. The lowest BCUT2D eigenvalue weighted by Gasteiger charge is -2.46. The fraction of sp³-hybridized carbons (Fsp3) is 0.833. The molecule has 1 heterocycles. The lowest BCUT2D eigenvalue weighted by Crippen LogP contribution is -2.70. The number of halogens is 1. The van der Waals surface area contributed by atoms with Crippen LogP contribution in [0.5, 0.6) is 0 Å². The van der Waals surface area contributed by atoms with E-state index in [0.29, 0.717) is 12.8 Å². The van der Waals surface area contributed by atoms with Crippen molar-refractivity contribution in [2.24, 2.45) is 0 Å². The molecule has 2 aliphatic rings. The summed E-state index contributed by atoms with van der Waals surface area (Å²) in [6.45, 7) is 1.08. The molecule has 2 fully saturated rings. The van der Waals surface area contributed by atoms with E-state index in [1.54, 1.807) is 6.92 Å². The number of alkyl halides is 1. The third kappa shape index (κ3) is 2.03. The minimum Gasteiger partial charge on any atom is -0.340 e. The van der Waals surface area contributed by atoms with Crippen molar-refractivity contribution in [1.29, 1.82) is 0 Å². The molecule has 17 heavy (non-hydrogen) atoms. The number of nitrogens with one attached hydrogen (secondary N) is 1. The van der Waals surface area contributed by atoms with Crippen LogP contribution in [0.2, 0.25) is 0 Å². The largest absolute Gasteiger partial charge is 0.340 e. The molecule has 4 nitrogen and oxygen atoms in total. The van der Waals surface area contributed by atoms with Gasteiger partial charge in [-0.25, -0.2) is 4.39 Å². The molecular formula is C12H19FN2O2. The summed E-state index contributed by atoms with van der Waals surface area (Å²) in [4.78, 5) is 25.7. The number of hydrogen-bond acceptors (Lipinski definition) is 2. The Bertz CT molecular complexity index is 326. The van der Waals surface area contributed by atoms with Crippen molar-refractivity contribution in [3.05, 3.63) is 0 Å². The normalized spacial score (nSPS) is 28.4. The van der Waals surface area contributed by atoms with E-state index in [4.69, 9.17) is 0 Å². The minimum atomic E-state index is -0.739. The second-order valence-corrected chi connectivity index (χ2v) is 5.00. The number of rotatable bonds is 2. The Balaban J connectivity index is 2.23. The molecule has 0 radical (unpaired) electrons. The van der Waals surface area contributed by atoms with E-state index in [2.05, 4.69) is 5.32 Å². The van der Waals surface area contributed by atoms with Crippen LogP contribution in [-0.4, -0.2) is 41.5 Å². The Morgan fingerprint density at radius 3 is 2.59 bits per heavy atom. The quantitative estimate of drug-likeness (QED) is 0.785. The Hall–Kier alpha value is -1.13. The van der Waals surface area contributed by atoms with Crippen LogP contribution in [0.1, 0.15) is 39.0 Å². The van der Waals surface area contributed by atoms with Gasteiger partial charge in [-0.3, -0.25) is 9.59 Å². The molecule has 1 N–H and O–H groups in total. The highest BCUT2D eigenvalue weighted by Crippen LogP contribution is 2.33. The molecule has 5 heteroatoms. The van der Waals surface area contributed by atoms with E-state index in [9.17, 15) is 14.0 Å². The molecule has 1 saturated carbocycles. The zero-order valence-corrected chi connectivity index (χ0v) is 10.2. The number of nitrogens with zero attached hydrogens (tertiary/aromatic N) is 1. The van der Waals surface area contributed by atoms with Crippen LogP contribution >= 0.6 is 0 Å². The highest BCUT2D eigenvalue weighted by molar-refractivity contribution is 5.99. The van der Waals surface area contributed by atoms with Crippen LogP contribution in [0.15, 0.2) is 0 Å². The van der Waals surface area contributed by atoms with Gasteiger partial charge in [0.1, 0.15) is 18.3 Å². The molecule has 1 aliphatic heterocycles. The SMILES string of the molecule is CC1C(=O)NC2(CCCCC2)C(=O)N1CCF. The molecule has 2 amide bonds. The molecule has 0 aromatic carbocycles. The predicted octanol–water partition coefficient (Wildman–Crippen LogP) is 1.01. The summed E-state index contributed by atoms with van der Waals surface area (Å²) < 4.78 is 12.5. The van der Waals surface area contributed by atoms with Gasteiger partial charge < -0.3 is 10.2 Å². The second kappa shape index (κ2) is 4.63. The first-order valence-electron chi connectivity index (χ1n) is 6.30. The number of carbonyl (C=O) groups excluding carboxylic acids is 2. The van der Waals surface area contributed by atoms with E-state index >= 15 is 0 Å². The van der Waals surface area contributed by atoms with Gasteiger partial charge in [-0.15, -0.1) is 0 Å². The Morgan fingerprint density at radius 2 is 2.00 bits per heavy atom. The van der Waals surface area contributed by atoms with Gasteiger partial charge in [-0.05, 0) is 19.8 Å². The van der Waals surface area contributed by atoms with Gasteiger partial charge >= 0.3 is 0 Å². The minimum absolute atomic E-state index is 0.0230. The maximum absolute atomic E-state index is 12.5. The molecule has 0 aromatic heterocycles. The Kier molecular flexibility index (Phi) is 3.35. The molecule has 1 aliphatic carbocycles. The molecule has 96 valence electrons. The number of amides is 2. The van der Waals surface area contributed by atoms with Crippen molar-refractivity contribution >= 4 is 11.8 Å². The highest BCUT2D eigenvalue weighted by atomic mass is 19.1. The van der Waals surface area contributed by atoms with E-state index < -0.39 is 18.3 Å². The summed E-state index contributed by atoms with van der Waals surface area (Å²) >= 11 is 0. The standard InChI is InChI=1S/C12H19FN2O2/c1-9-10(16)14-12(5-3-2-4-6-12)11(17)15(9)8-7-13/h9H,2-8H2,1H3,(H,14,16). The molecule has 0 aromatic rings. The topological polar surface area (TPSA) is 49.4 Å². The molecular weight excluding hydrogens is 223 g/mol. The summed E-state index contributed by atoms with van der Waals surface area (Å²) in [7, 11) is 0. The summed E-state index contributed by atoms with van der Waals surface area (Å²) in [6, 6.07) is -0.550. The molecule has 0 bridgehead atoms. The van der Waals surface area contributed by atoms with E-state index in [1.165, 1.54) is 4.90 Å². The van der Waals surface area contributed by atoms with E-state index in [0.717, 1.165) is 19.3 Å². The maximum atomic E-state index is 12.5. The lowest BCUT2D eigenvalue weighted by molar-refractivity contribution is -0.156. The van der Waals surface area contributed by atoms with Crippen molar-refractivity contribution < 1.29 is 14.0 Å². The monoisotopic (exact) mass is 242 g/mol. The van der Waals surface area contributed by atoms with Crippen molar-refractivity contribution in [2.75, 3.05) is 13.2 Å². The first kappa shape index (κ1) is 12.3. The van der Waals surface area contributed by atoms with Gasteiger partial charge in [0.2, 0.25) is 11.8 Å². The fourth-order valence-electron chi connectivity index (χ4n) is 2.87. The third-order valence-electron chi connectivity index (χ3n) is 3.91. The summed E-state index contributed by atoms with van der Waals surface area (Å²) in [6.07, 6.45) is 4.37. The van der Waals surface area contributed by atoms with Crippen LogP contribution < -0.4 is 5.32 Å². The maximum Gasteiger partial charge on any atom is 0.249 e. The smallest absolute Gasteiger partial charge is 0.249 e. The van der Waals surface area contributed by atoms with Crippen LogP contribution in [0.3, 0.4) is 0 Å². The van der Waals surface area contributed by atoms with Crippen molar-refractivity contribution in [3.63, 3.8) is 0 Å². The van der Waals surface area contributed by atoms with E-state index in [1.807, 2.05) is 0 Å². The van der Waals surface area contributed by atoms with Gasteiger partial charge in [0, 0.05) is 6.54 Å². The summed E-state index contributed by atoms with van der Waals surface area (Å²) in [5.74, 6) is -0.248. The van der Waals surface area contributed by atoms with Gasteiger partial charge in [-0.2, -0.15) is 0 Å². The third-order valence-corrected chi connectivity index (χ3v) is 3.91. The van der Waals surface area contributed by atoms with Crippen molar-refractivity contribution in [3.8, 4) is 0 Å². The number of piperazine rings is 1. The van der Waals surface area contributed by atoms with Crippen molar-refractivity contribution in [1.82, 2.24) is 10.2 Å². The Labute approximate surface area is 101 Å². The van der Waals surface area contributed by atoms with Crippen LogP contribution in [0.25, 0.3) is 0 Å². The molecule has 1 atom stereocenters. The van der Waals surface area contributed by atoms with Gasteiger partial charge in [-0.1, -0.05) is 19.3 Å². The molecule has 2 rings (SSSR count). The van der Waals surface area contributed by atoms with Gasteiger partial charge in [0.15, 0.2) is 0 Å². The van der Waals surface area contributed by atoms with Gasteiger partial charge in [0.05, 0.1) is 0 Å². The average molecular weight is 242 g/mol. The van der Waals surface area contributed by atoms with Crippen LogP contribution in [0.4, 0.5) is 4.39 Å². The van der Waals surface area contributed by atoms with Crippen LogP contribution in [-0.2, 0) is 9.59 Å². The van der Waals surface area contributed by atoms with Crippen molar-refractivity contribution in [2.45, 2.75) is 50.6 Å².